The van der Waals surface area contributed by atoms with E-state index >= 15 is 0 Å². The zero-order valence-corrected chi connectivity index (χ0v) is 17.4. The predicted molar refractivity (Wildman–Crippen MR) is 105 cm³/mol. The molecule has 2 amide bonds. The third-order valence-electron chi connectivity index (χ3n) is 5.72. The molecule has 1 aromatic carbocycles. The van der Waals surface area contributed by atoms with Crippen molar-refractivity contribution in [2.75, 3.05) is 13.1 Å². The van der Waals surface area contributed by atoms with E-state index in [-0.39, 0.29) is 24.1 Å². The number of likely N-dealkylation sites (tertiary alicyclic amines) is 2. The quantitative estimate of drug-likeness (QED) is 0.727. The van der Waals surface area contributed by atoms with E-state index in [2.05, 4.69) is 45.0 Å². The Hall–Kier alpha value is -2.04. The first-order valence-corrected chi connectivity index (χ1v) is 9.92. The van der Waals surface area contributed by atoms with Crippen molar-refractivity contribution in [2.24, 2.45) is 5.41 Å². The van der Waals surface area contributed by atoms with Gasteiger partial charge in [0, 0.05) is 19.1 Å². The molecule has 1 aromatic rings. The summed E-state index contributed by atoms with van der Waals surface area (Å²) in [6, 6.07) is 8.76. The number of benzene rings is 1. The molecule has 0 N–H and O–H groups in total. The minimum Gasteiger partial charge on any atom is -0.444 e. The number of β-lactam (4-membered cyclic amide) rings is 1. The number of nitrogens with zero attached hydrogens (tertiary/aromatic N) is 2. The Balaban J connectivity index is 1.79. The van der Waals surface area contributed by atoms with Crippen LogP contribution in [0.4, 0.5) is 4.79 Å². The average Bonchev–Trinajstić information content (AvgIpc) is 2.58. The molecule has 2 aliphatic heterocycles. The molecule has 2 heterocycles. The Morgan fingerprint density at radius 3 is 2.19 bits per heavy atom. The van der Waals surface area contributed by atoms with Crippen LogP contribution in [0.25, 0.3) is 0 Å². The molecule has 3 rings (SSSR count). The van der Waals surface area contributed by atoms with E-state index in [0.717, 1.165) is 0 Å². The molecule has 2 fully saturated rings. The van der Waals surface area contributed by atoms with E-state index < -0.39 is 11.0 Å². The standard InChI is InChI=1S/C22H32N2O3/c1-15(2)24-18(17-9-7-16(3)8-10-17)22(19(24)25)11-13-23(14-12-22)20(26)27-21(4,5)6/h7-10,15,18H,11-14H2,1-6H3. The molecular weight excluding hydrogens is 340 g/mol. The minimum atomic E-state index is -0.503. The lowest BCUT2D eigenvalue weighted by molar-refractivity contribution is -0.184. The van der Waals surface area contributed by atoms with Crippen molar-refractivity contribution in [1.29, 1.82) is 0 Å². The van der Waals surface area contributed by atoms with Crippen LogP contribution in [0.15, 0.2) is 24.3 Å². The van der Waals surface area contributed by atoms with Gasteiger partial charge in [0.15, 0.2) is 0 Å². The smallest absolute Gasteiger partial charge is 0.410 e. The van der Waals surface area contributed by atoms with Gasteiger partial charge < -0.3 is 14.5 Å². The highest BCUT2D eigenvalue weighted by Gasteiger charge is 2.62. The lowest BCUT2D eigenvalue weighted by atomic mass is 9.62. The van der Waals surface area contributed by atoms with Gasteiger partial charge in [0.25, 0.3) is 0 Å². The molecule has 148 valence electrons. The van der Waals surface area contributed by atoms with Crippen LogP contribution in [-0.4, -0.2) is 46.5 Å². The summed E-state index contributed by atoms with van der Waals surface area (Å²) in [5, 5.41) is 0. The fraction of sp³-hybridized carbons (Fsp3) is 0.636. The number of hydrogen-bond donors (Lipinski definition) is 0. The molecule has 0 bridgehead atoms. The fourth-order valence-corrected chi connectivity index (χ4v) is 4.35. The maximum atomic E-state index is 13.1. The van der Waals surface area contributed by atoms with Gasteiger partial charge in [0.2, 0.25) is 5.91 Å². The summed E-state index contributed by atoms with van der Waals surface area (Å²) in [5.41, 5.74) is 1.52. The molecule has 0 saturated carbocycles. The van der Waals surface area contributed by atoms with Crippen LogP contribution in [0.3, 0.4) is 0 Å². The molecule has 1 atom stereocenters. The van der Waals surface area contributed by atoms with Crippen molar-refractivity contribution in [3.8, 4) is 0 Å². The second-order valence-electron chi connectivity index (χ2n) is 9.24. The molecule has 0 aromatic heterocycles. The number of amides is 2. The second-order valence-corrected chi connectivity index (χ2v) is 9.24. The van der Waals surface area contributed by atoms with E-state index in [0.29, 0.717) is 25.9 Å². The van der Waals surface area contributed by atoms with Crippen LogP contribution in [0.1, 0.15) is 64.6 Å². The molecule has 0 aliphatic carbocycles. The van der Waals surface area contributed by atoms with Gasteiger partial charge in [-0.05, 0) is 59.9 Å². The van der Waals surface area contributed by atoms with E-state index in [9.17, 15) is 9.59 Å². The highest BCUT2D eigenvalue weighted by atomic mass is 16.6. The Labute approximate surface area is 162 Å². The van der Waals surface area contributed by atoms with Gasteiger partial charge in [-0.2, -0.15) is 0 Å². The van der Waals surface area contributed by atoms with Crippen LogP contribution < -0.4 is 0 Å². The monoisotopic (exact) mass is 372 g/mol. The first-order valence-electron chi connectivity index (χ1n) is 9.92. The highest BCUT2D eigenvalue weighted by Crippen LogP contribution is 2.56. The molecule has 27 heavy (non-hydrogen) atoms. The maximum Gasteiger partial charge on any atom is 0.410 e. The van der Waals surface area contributed by atoms with E-state index in [4.69, 9.17) is 4.74 Å². The molecule has 5 nitrogen and oxygen atoms in total. The van der Waals surface area contributed by atoms with E-state index in [1.807, 2.05) is 25.7 Å². The number of piperidine rings is 1. The Morgan fingerprint density at radius 2 is 1.70 bits per heavy atom. The van der Waals surface area contributed by atoms with Gasteiger partial charge in [-0.1, -0.05) is 29.8 Å². The lowest BCUT2D eigenvalue weighted by Gasteiger charge is -2.60. The summed E-state index contributed by atoms with van der Waals surface area (Å²) in [5.74, 6) is 0.229. The van der Waals surface area contributed by atoms with E-state index in [1.165, 1.54) is 11.1 Å². The van der Waals surface area contributed by atoms with Crippen molar-refractivity contribution in [2.45, 2.75) is 72.1 Å². The fourth-order valence-electron chi connectivity index (χ4n) is 4.35. The molecule has 0 radical (unpaired) electrons. The maximum absolute atomic E-state index is 13.1. The summed E-state index contributed by atoms with van der Waals surface area (Å²) in [6.07, 6.45) is 1.09. The number of carbonyl (C=O) groups is 2. The number of carbonyl (C=O) groups excluding carboxylic acids is 2. The summed E-state index contributed by atoms with van der Waals surface area (Å²) in [6.45, 7) is 13.0. The molecule has 1 unspecified atom stereocenters. The first kappa shape index (κ1) is 19.7. The normalized spacial score (nSPS) is 22.2. The topological polar surface area (TPSA) is 49.9 Å². The summed E-state index contributed by atoms with van der Waals surface area (Å²) >= 11 is 0. The van der Waals surface area contributed by atoms with Gasteiger partial charge in [-0.3, -0.25) is 4.79 Å². The lowest BCUT2D eigenvalue weighted by Crippen LogP contribution is -2.68. The minimum absolute atomic E-state index is 0.0892. The van der Waals surface area contributed by atoms with Crippen LogP contribution in [0, 0.1) is 12.3 Å². The zero-order valence-electron chi connectivity index (χ0n) is 17.4. The molecule has 5 heteroatoms. The van der Waals surface area contributed by atoms with Crippen LogP contribution in [0.2, 0.25) is 0 Å². The number of ether oxygens (including phenoxy) is 1. The average molecular weight is 373 g/mol. The highest BCUT2D eigenvalue weighted by molar-refractivity contribution is 5.91. The zero-order chi connectivity index (χ0) is 20.0. The van der Waals surface area contributed by atoms with Crippen molar-refractivity contribution >= 4 is 12.0 Å². The van der Waals surface area contributed by atoms with Gasteiger partial charge >= 0.3 is 6.09 Å². The molecule has 2 saturated heterocycles. The van der Waals surface area contributed by atoms with Gasteiger partial charge in [-0.15, -0.1) is 0 Å². The molecule has 1 spiro atoms. The van der Waals surface area contributed by atoms with E-state index in [1.54, 1.807) is 4.90 Å². The van der Waals surface area contributed by atoms with Crippen LogP contribution in [-0.2, 0) is 9.53 Å². The Kier molecular flexibility index (Phi) is 5.00. The Morgan fingerprint density at radius 1 is 1.15 bits per heavy atom. The third-order valence-corrected chi connectivity index (χ3v) is 5.72. The summed E-state index contributed by atoms with van der Waals surface area (Å²) in [7, 11) is 0. The summed E-state index contributed by atoms with van der Waals surface area (Å²) < 4.78 is 5.50. The van der Waals surface area contributed by atoms with Crippen molar-refractivity contribution in [3.63, 3.8) is 0 Å². The van der Waals surface area contributed by atoms with Crippen molar-refractivity contribution in [3.05, 3.63) is 35.4 Å². The predicted octanol–water partition coefficient (Wildman–Crippen LogP) is 4.30. The van der Waals surface area contributed by atoms with Gasteiger partial charge in [0.05, 0.1) is 11.5 Å². The third kappa shape index (κ3) is 3.56. The first-order chi connectivity index (χ1) is 12.5. The number of rotatable bonds is 2. The molecular formula is C22H32N2O3. The van der Waals surface area contributed by atoms with Crippen LogP contribution >= 0.6 is 0 Å². The van der Waals surface area contributed by atoms with Crippen molar-refractivity contribution < 1.29 is 14.3 Å². The van der Waals surface area contributed by atoms with Gasteiger partial charge in [0.1, 0.15) is 5.60 Å². The SMILES string of the molecule is Cc1ccc(C2N(C(C)C)C(=O)C23CCN(C(=O)OC(C)(C)C)CC3)cc1. The largest absolute Gasteiger partial charge is 0.444 e. The Bertz CT molecular complexity index is 710. The summed E-state index contributed by atoms with van der Waals surface area (Å²) in [4.78, 5) is 29.3. The van der Waals surface area contributed by atoms with Crippen LogP contribution in [0.5, 0.6) is 0 Å². The van der Waals surface area contributed by atoms with Crippen molar-refractivity contribution in [1.82, 2.24) is 9.80 Å². The second kappa shape index (κ2) is 6.84. The van der Waals surface area contributed by atoms with Gasteiger partial charge in [-0.25, -0.2) is 4.79 Å². The molecule has 2 aliphatic rings. The number of aryl methyl sites for hydroxylation is 1. The number of hydrogen-bond acceptors (Lipinski definition) is 3.